The van der Waals surface area contributed by atoms with Gasteiger partial charge in [0.25, 0.3) is 0 Å². The van der Waals surface area contributed by atoms with E-state index in [2.05, 4.69) is 35.1 Å². The van der Waals surface area contributed by atoms with Crippen LogP contribution in [0.15, 0.2) is 30.5 Å². The summed E-state index contributed by atoms with van der Waals surface area (Å²) in [5.41, 5.74) is 1.22. The quantitative estimate of drug-likeness (QED) is 0.723. The molecular formula is C24H34N4O3. The van der Waals surface area contributed by atoms with Gasteiger partial charge in [-0.1, -0.05) is 0 Å². The molecule has 168 valence electrons. The third-order valence-corrected chi connectivity index (χ3v) is 5.47. The van der Waals surface area contributed by atoms with E-state index in [9.17, 15) is 4.79 Å². The molecule has 1 atom stereocenters. The van der Waals surface area contributed by atoms with E-state index in [1.165, 1.54) is 6.92 Å². The Balaban J connectivity index is 2.06. The van der Waals surface area contributed by atoms with Crippen molar-refractivity contribution in [2.45, 2.75) is 71.6 Å². The first-order chi connectivity index (χ1) is 14.5. The number of carbonyl (C=O) groups is 1. The molecule has 1 N–H and O–H groups in total. The molecule has 1 unspecified atom stereocenters. The van der Waals surface area contributed by atoms with Crippen LogP contribution in [0.3, 0.4) is 0 Å². The van der Waals surface area contributed by atoms with E-state index >= 15 is 0 Å². The van der Waals surface area contributed by atoms with E-state index in [4.69, 9.17) is 14.5 Å². The molecule has 0 radical (unpaired) electrons. The standard InChI is InChI=1S/C24H34N4O3/c1-16(29)26-20-13-17(10-11-25-20)18-14-21(27-22(15-18)31-23(2,3)4)28-12-8-9-19(28)24(5,6)30-7/h10-11,13-15,19H,8-9,12H2,1-7H3,(H,25,26,29). The number of ether oxygens (including phenoxy) is 2. The number of anilines is 2. The van der Waals surface area contributed by atoms with Crippen molar-refractivity contribution in [2.24, 2.45) is 0 Å². The molecule has 1 saturated heterocycles. The first kappa shape index (κ1) is 23.0. The summed E-state index contributed by atoms with van der Waals surface area (Å²) in [7, 11) is 1.76. The van der Waals surface area contributed by atoms with E-state index in [1.54, 1.807) is 13.3 Å². The van der Waals surface area contributed by atoms with Crippen molar-refractivity contribution in [3.05, 3.63) is 30.5 Å². The molecular weight excluding hydrogens is 392 g/mol. The normalized spacial score (nSPS) is 17.0. The minimum absolute atomic E-state index is 0.154. The summed E-state index contributed by atoms with van der Waals surface area (Å²) in [4.78, 5) is 22.9. The second-order valence-electron chi connectivity index (χ2n) is 9.54. The highest BCUT2D eigenvalue weighted by atomic mass is 16.5. The van der Waals surface area contributed by atoms with E-state index in [0.717, 1.165) is 36.3 Å². The molecule has 1 fully saturated rings. The second-order valence-corrected chi connectivity index (χ2v) is 9.54. The van der Waals surface area contributed by atoms with Gasteiger partial charge in [0.15, 0.2) is 0 Å². The lowest BCUT2D eigenvalue weighted by Gasteiger charge is -2.37. The van der Waals surface area contributed by atoms with Crippen LogP contribution < -0.4 is 15.0 Å². The van der Waals surface area contributed by atoms with E-state index in [1.807, 2.05) is 39.0 Å². The Morgan fingerprint density at radius 3 is 2.55 bits per heavy atom. The molecule has 1 aliphatic heterocycles. The van der Waals surface area contributed by atoms with Crippen LogP contribution in [0.2, 0.25) is 0 Å². The van der Waals surface area contributed by atoms with Crippen LogP contribution in [0.1, 0.15) is 54.4 Å². The Kier molecular flexibility index (Phi) is 6.55. The molecule has 7 heteroatoms. The van der Waals surface area contributed by atoms with Crippen molar-refractivity contribution in [2.75, 3.05) is 23.9 Å². The van der Waals surface area contributed by atoms with Crippen molar-refractivity contribution in [1.82, 2.24) is 9.97 Å². The monoisotopic (exact) mass is 426 g/mol. The van der Waals surface area contributed by atoms with Gasteiger partial charge in [0, 0.05) is 32.8 Å². The molecule has 2 aromatic rings. The molecule has 3 rings (SSSR count). The molecule has 7 nitrogen and oxygen atoms in total. The van der Waals surface area contributed by atoms with Crippen LogP contribution >= 0.6 is 0 Å². The number of hydrogen-bond donors (Lipinski definition) is 1. The SMILES string of the molecule is COC(C)(C)C1CCCN1c1cc(-c2ccnc(NC(C)=O)c2)cc(OC(C)(C)C)n1. The third-order valence-electron chi connectivity index (χ3n) is 5.47. The maximum absolute atomic E-state index is 11.5. The summed E-state index contributed by atoms with van der Waals surface area (Å²) in [6.45, 7) is 12.7. The molecule has 1 amide bonds. The molecule has 2 aromatic heterocycles. The van der Waals surface area contributed by atoms with Crippen molar-refractivity contribution < 1.29 is 14.3 Å². The number of nitrogens with one attached hydrogen (secondary N) is 1. The number of carbonyl (C=O) groups excluding carboxylic acids is 1. The predicted molar refractivity (Wildman–Crippen MR) is 124 cm³/mol. The van der Waals surface area contributed by atoms with E-state index in [0.29, 0.717) is 11.7 Å². The highest BCUT2D eigenvalue weighted by Gasteiger charge is 2.38. The van der Waals surface area contributed by atoms with Gasteiger partial charge in [-0.2, -0.15) is 4.98 Å². The summed E-state index contributed by atoms with van der Waals surface area (Å²) in [6, 6.07) is 8.02. The van der Waals surface area contributed by atoms with Gasteiger partial charge in [-0.25, -0.2) is 4.98 Å². The maximum atomic E-state index is 11.5. The molecule has 0 spiro atoms. The Hall–Kier alpha value is -2.67. The molecule has 0 aromatic carbocycles. The minimum atomic E-state index is -0.376. The summed E-state index contributed by atoms with van der Waals surface area (Å²) >= 11 is 0. The van der Waals surface area contributed by atoms with Gasteiger partial charge in [0.1, 0.15) is 17.2 Å². The third kappa shape index (κ3) is 5.73. The lowest BCUT2D eigenvalue weighted by molar-refractivity contribution is -0.114. The molecule has 31 heavy (non-hydrogen) atoms. The fraction of sp³-hybridized carbons (Fsp3) is 0.542. The average molecular weight is 427 g/mol. The molecule has 0 saturated carbocycles. The summed E-state index contributed by atoms with van der Waals surface area (Å²) in [5.74, 6) is 1.79. The first-order valence-corrected chi connectivity index (χ1v) is 10.8. The van der Waals surface area contributed by atoms with Crippen molar-refractivity contribution in [3.8, 4) is 17.0 Å². The second kappa shape index (κ2) is 8.83. The first-order valence-electron chi connectivity index (χ1n) is 10.8. The van der Waals surface area contributed by atoms with E-state index < -0.39 is 0 Å². The van der Waals surface area contributed by atoms with Crippen molar-refractivity contribution >= 4 is 17.5 Å². The maximum Gasteiger partial charge on any atom is 0.222 e. The van der Waals surface area contributed by atoms with Crippen LogP contribution in [0.5, 0.6) is 5.88 Å². The molecule has 1 aliphatic rings. The fourth-order valence-corrected chi connectivity index (χ4v) is 3.93. The van der Waals surface area contributed by atoms with Gasteiger partial charge in [-0.05, 0) is 76.8 Å². The minimum Gasteiger partial charge on any atom is -0.472 e. The molecule has 3 heterocycles. The number of amides is 1. The summed E-state index contributed by atoms with van der Waals surface area (Å²) in [5, 5.41) is 2.75. The predicted octanol–water partition coefficient (Wildman–Crippen LogP) is 4.67. The van der Waals surface area contributed by atoms with Gasteiger partial charge in [-0.3, -0.25) is 4.79 Å². The lowest BCUT2D eigenvalue weighted by Crippen LogP contribution is -2.47. The van der Waals surface area contributed by atoms with E-state index in [-0.39, 0.29) is 23.2 Å². The number of methoxy groups -OCH3 is 1. The van der Waals surface area contributed by atoms with Crippen LogP contribution in [0.4, 0.5) is 11.6 Å². The molecule has 0 bridgehead atoms. The highest BCUT2D eigenvalue weighted by molar-refractivity contribution is 5.88. The Labute approximate surface area is 185 Å². The van der Waals surface area contributed by atoms with Gasteiger partial charge in [0.2, 0.25) is 11.8 Å². The smallest absolute Gasteiger partial charge is 0.222 e. The Morgan fingerprint density at radius 2 is 1.90 bits per heavy atom. The van der Waals surface area contributed by atoms with Crippen molar-refractivity contribution in [3.63, 3.8) is 0 Å². The summed E-state index contributed by atoms with van der Waals surface area (Å²) < 4.78 is 12.0. The topological polar surface area (TPSA) is 76.6 Å². The fourth-order valence-electron chi connectivity index (χ4n) is 3.93. The Bertz CT molecular complexity index is 937. The van der Waals surface area contributed by atoms with Crippen LogP contribution in [0, 0.1) is 0 Å². The zero-order chi connectivity index (χ0) is 22.8. The van der Waals surface area contributed by atoms with Gasteiger partial charge < -0.3 is 19.7 Å². The number of rotatable bonds is 6. The number of pyridine rings is 2. The number of aromatic nitrogens is 2. The zero-order valence-corrected chi connectivity index (χ0v) is 19.7. The van der Waals surface area contributed by atoms with Gasteiger partial charge in [-0.15, -0.1) is 0 Å². The van der Waals surface area contributed by atoms with Crippen LogP contribution in [-0.4, -0.2) is 46.8 Å². The zero-order valence-electron chi connectivity index (χ0n) is 19.7. The molecule has 0 aliphatic carbocycles. The van der Waals surface area contributed by atoms with Crippen LogP contribution in [-0.2, 0) is 9.53 Å². The average Bonchev–Trinajstić information content (AvgIpc) is 3.17. The lowest BCUT2D eigenvalue weighted by atomic mass is 9.96. The van der Waals surface area contributed by atoms with Crippen LogP contribution in [0.25, 0.3) is 11.1 Å². The number of nitrogens with zero attached hydrogens (tertiary/aromatic N) is 3. The van der Waals surface area contributed by atoms with Gasteiger partial charge >= 0.3 is 0 Å². The Morgan fingerprint density at radius 1 is 1.16 bits per heavy atom. The van der Waals surface area contributed by atoms with Gasteiger partial charge in [0.05, 0.1) is 11.6 Å². The van der Waals surface area contributed by atoms with Crippen molar-refractivity contribution in [1.29, 1.82) is 0 Å². The largest absolute Gasteiger partial charge is 0.472 e. The summed E-state index contributed by atoms with van der Waals surface area (Å²) in [6.07, 6.45) is 3.82. The highest BCUT2D eigenvalue weighted by Crippen LogP contribution is 2.36. The number of hydrogen-bond acceptors (Lipinski definition) is 6.